The summed E-state index contributed by atoms with van der Waals surface area (Å²) in [7, 11) is 1.70. The van der Waals surface area contributed by atoms with E-state index in [9.17, 15) is 9.90 Å². The number of H-pyrrole nitrogens is 1. The second kappa shape index (κ2) is 5.92. The molecule has 24 heavy (non-hydrogen) atoms. The van der Waals surface area contributed by atoms with Crippen molar-refractivity contribution in [2.45, 2.75) is 52.4 Å². The van der Waals surface area contributed by atoms with Gasteiger partial charge in [0.25, 0.3) is 5.91 Å². The number of phenolic OH excluding ortho intramolecular Hbond substituents is 1. The number of nitrogens with zero attached hydrogens (tertiary/aromatic N) is 3. The van der Waals surface area contributed by atoms with Gasteiger partial charge in [0.2, 0.25) is 0 Å². The second-order valence-electron chi connectivity index (χ2n) is 8.11. The van der Waals surface area contributed by atoms with Gasteiger partial charge in [-0.25, -0.2) is 0 Å². The van der Waals surface area contributed by atoms with Crippen molar-refractivity contribution in [2.24, 2.45) is 0 Å². The zero-order chi connectivity index (χ0) is 18.3. The monoisotopic (exact) mass is 330 g/mol. The Labute approximate surface area is 142 Å². The SMILES string of the molecule is CN(C(=O)c1cn[nH]n1)c1cc(C(C)(C)C)c(O)c(C(C)(C)C)c1. The number of aromatic nitrogens is 3. The van der Waals surface area contributed by atoms with Gasteiger partial charge in [0.15, 0.2) is 5.69 Å². The predicted molar refractivity (Wildman–Crippen MR) is 94.6 cm³/mol. The molecule has 2 aromatic rings. The van der Waals surface area contributed by atoms with Crippen molar-refractivity contribution < 1.29 is 9.90 Å². The van der Waals surface area contributed by atoms with Crippen LogP contribution in [-0.4, -0.2) is 33.5 Å². The van der Waals surface area contributed by atoms with Gasteiger partial charge in [-0.05, 0) is 23.0 Å². The molecule has 130 valence electrons. The Morgan fingerprint density at radius 2 is 1.58 bits per heavy atom. The zero-order valence-electron chi connectivity index (χ0n) is 15.4. The third kappa shape index (κ3) is 3.42. The van der Waals surface area contributed by atoms with Crippen molar-refractivity contribution in [3.05, 3.63) is 35.2 Å². The van der Waals surface area contributed by atoms with Gasteiger partial charge < -0.3 is 10.0 Å². The highest BCUT2D eigenvalue weighted by Gasteiger charge is 2.28. The first kappa shape index (κ1) is 18.0. The first-order valence-electron chi connectivity index (χ1n) is 7.94. The van der Waals surface area contributed by atoms with Crippen LogP contribution < -0.4 is 4.90 Å². The van der Waals surface area contributed by atoms with Gasteiger partial charge in [-0.2, -0.15) is 15.4 Å². The number of aromatic hydroxyl groups is 1. The molecule has 0 aliphatic heterocycles. The Morgan fingerprint density at radius 3 is 1.96 bits per heavy atom. The molecule has 2 N–H and O–H groups in total. The first-order chi connectivity index (χ1) is 10.9. The quantitative estimate of drug-likeness (QED) is 0.884. The molecule has 0 saturated heterocycles. The molecule has 0 spiro atoms. The molecule has 1 aromatic heterocycles. The summed E-state index contributed by atoms with van der Waals surface area (Å²) in [5.41, 5.74) is 2.08. The van der Waals surface area contributed by atoms with Crippen LogP contribution in [-0.2, 0) is 10.8 Å². The van der Waals surface area contributed by atoms with Crippen molar-refractivity contribution in [3.8, 4) is 5.75 Å². The van der Waals surface area contributed by atoms with Crippen LogP contribution in [0.5, 0.6) is 5.75 Å². The molecule has 1 heterocycles. The van der Waals surface area contributed by atoms with E-state index in [1.54, 1.807) is 7.05 Å². The minimum Gasteiger partial charge on any atom is -0.507 e. The Bertz CT molecular complexity index is 702. The molecule has 6 heteroatoms. The molecule has 0 aliphatic carbocycles. The van der Waals surface area contributed by atoms with Crippen LogP contribution in [0.4, 0.5) is 5.69 Å². The van der Waals surface area contributed by atoms with E-state index in [-0.39, 0.29) is 22.4 Å². The highest BCUT2D eigenvalue weighted by Crippen LogP contribution is 2.41. The lowest BCUT2D eigenvalue weighted by Gasteiger charge is -2.29. The number of anilines is 1. The van der Waals surface area contributed by atoms with E-state index in [0.29, 0.717) is 5.75 Å². The summed E-state index contributed by atoms with van der Waals surface area (Å²) in [4.78, 5) is 14.1. The molecule has 0 unspecified atom stereocenters. The number of nitrogens with one attached hydrogen (secondary N) is 1. The van der Waals surface area contributed by atoms with Crippen LogP contribution in [0.25, 0.3) is 0 Å². The number of benzene rings is 1. The molecule has 0 fully saturated rings. The Hall–Kier alpha value is -2.37. The molecule has 0 aliphatic rings. The van der Waals surface area contributed by atoms with Crippen molar-refractivity contribution in [1.82, 2.24) is 15.4 Å². The van der Waals surface area contributed by atoms with Gasteiger partial charge in [0.1, 0.15) is 5.75 Å². The Balaban J connectivity index is 2.60. The fourth-order valence-electron chi connectivity index (χ4n) is 2.55. The van der Waals surface area contributed by atoms with E-state index in [1.165, 1.54) is 11.1 Å². The number of hydrogen-bond donors (Lipinski definition) is 2. The lowest BCUT2D eigenvalue weighted by atomic mass is 9.79. The average Bonchev–Trinajstić information content (AvgIpc) is 2.97. The topological polar surface area (TPSA) is 82.1 Å². The standard InChI is InChI=1S/C18H26N4O2/c1-17(2,3)12-8-11(9-13(15(12)23)18(4,5)6)22(7)16(24)14-10-19-21-20-14/h8-10,23H,1-7H3,(H,19,20,21). The van der Waals surface area contributed by atoms with E-state index in [1.807, 2.05) is 53.7 Å². The molecular formula is C18H26N4O2. The molecule has 0 atom stereocenters. The van der Waals surface area contributed by atoms with E-state index in [2.05, 4.69) is 15.4 Å². The highest BCUT2D eigenvalue weighted by molar-refractivity contribution is 6.04. The number of carbonyl (C=O) groups excluding carboxylic acids is 1. The van der Waals surface area contributed by atoms with Gasteiger partial charge in [-0.15, -0.1) is 0 Å². The van der Waals surface area contributed by atoms with Crippen LogP contribution in [0.15, 0.2) is 18.3 Å². The molecule has 0 bridgehead atoms. The summed E-state index contributed by atoms with van der Waals surface area (Å²) in [5.74, 6) is 0.0372. The third-order valence-electron chi connectivity index (χ3n) is 4.04. The molecule has 1 amide bonds. The minimum atomic E-state index is -0.255. The van der Waals surface area contributed by atoms with Crippen LogP contribution in [0.3, 0.4) is 0 Å². The fourth-order valence-corrected chi connectivity index (χ4v) is 2.55. The maximum atomic E-state index is 12.6. The normalized spacial score (nSPS) is 12.3. The van der Waals surface area contributed by atoms with Crippen LogP contribution in [0.2, 0.25) is 0 Å². The van der Waals surface area contributed by atoms with Gasteiger partial charge in [-0.1, -0.05) is 41.5 Å². The van der Waals surface area contributed by atoms with Crippen LogP contribution >= 0.6 is 0 Å². The minimum absolute atomic E-state index is 0.250. The van der Waals surface area contributed by atoms with Gasteiger partial charge in [0, 0.05) is 23.9 Å². The largest absolute Gasteiger partial charge is 0.507 e. The number of rotatable bonds is 2. The molecule has 2 rings (SSSR count). The molecule has 6 nitrogen and oxygen atoms in total. The number of hydrogen-bond acceptors (Lipinski definition) is 4. The molecule has 0 radical (unpaired) electrons. The smallest absolute Gasteiger partial charge is 0.280 e. The highest BCUT2D eigenvalue weighted by atomic mass is 16.3. The maximum Gasteiger partial charge on any atom is 0.280 e. The summed E-state index contributed by atoms with van der Waals surface area (Å²) < 4.78 is 0. The van der Waals surface area contributed by atoms with E-state index >= 15 is 0 Å². The van der Waals surface area contributed by atoms with Crippen molar-refractivity contribution in [2.75, 3.05) is 11.9 Å². The van der Waals surface area contributed by atoms with Gasteiger partial charge in [0.05, 0.1) is 6.20 Å². The van der Waals surface area contributed by atoms with Gasteiger partial charge in [-0.3, -0.25) is 4.79 Å². The zero-order valence-corrected chi connectivity index (χ0v) is 15.4. The Kier molecular flexibility index (Phi) is 4.44. The number of carbonyl (C=O) groups is 1. The average molecular weight is 330 g/mol. The summed E-state index contributed by atoms with van der Waals surface area (Å²) in [6.45, 7) is 12.2. The third-order valence-corrected chi connectivity index (χ3v) is 4.04. The lowest BCUT2D eigenvalue weighted by Crippen LogP contribution is -2.28. The van der Waals surface area contributed by atoms with Gasteiger partial charge >= 0.3 is 0 Å². The van der Waals surface area contributed by atoms with Crippen molar-refractivity contribution in [1.29, 1.82) is 0 Å². The van der Waals surface area contributed by atoms with E-state index in [0.717, 1.165) is 16.8 Å². The lowest BCUT2D eigenvalue weighted by molar-refractivity contribution is 0.0988. The van der Waals surface area contributed by atoms with Crippen molar-refractivity contribution >= 4 is 11.6 Å². The summed E-state index contributed by atoms with van der Waals surface area (Å²) in [6, 6.07) is 3.73. The molecule has 1 aromatic carbocycles. The van der Waals surface area contributed by atoms with E-state index in [4.69, 9.17) is 0 Å². The summed E-state index contributed by atoms with van der Waals surface area (Å²) in [6.07, 6.45) is 1.40. The Morgan fingerprint density at radius 1 is 1.08 bits per heavy atom. The fraction of sp³-hybridized carbons (Fsp3) is 0.500. The number of amides is 1. The molecular weight excluding hydrogens is 304 g/mol. The first-order valence-corrected chi connectivity index (χ1v) is 7.94. The van der Waals surface area contributed by atoms with Crippen LogP contribution in [0.1, 0.15) is 63.2 Å². The number of phenols is 1. The summed E-state index contributed by atoms with van der Waals surface area (Å²) in [5, 5.41) is 20.7. The number of aromatic amines is 1. The van der Waals surface area contributed by atoms with E-state index < -0.39 is 0 Å². The maximum absolute atomic E-state index is 12.6. The van der Waals surface area contributed by atoms with Crippen molar-refractivity contribution in [3.63, 3.8) is 0 Å². The predicted octanol–water partition coefficient (Wildman–Crippen LogP) is 3.38. The second-order valence-corrected chi connectivity index (χ2v) is 8.11. The summed E-state index contributed by atoms with van der Waals surface area (Å²) >= 11 is 0. The van der Waals surface area contributed by atoms with Crippen LogP contribution in [0, 0.1) is 0 Å². The molecule has 0 saturated carbocycles.